The largest absolute Gasteiger partial charge is 0.482 e. The van der Waals surface area contributed by atoms with Gasteiger partial charge in [-0.05, 0) is 61.9 Å². The minimum atomic E-state index is -0.474. The molecule has 4 rings (SSSR count). The van der Waals surface area contributed by atoms with E-state index in [1.807, 2.05) is 25.1 Å². The number of anilines is 1. The molecule has 8 heteroatoms. The van der Waals surface area contributed by atoms with E-state index in [2.05, 4.69) is 27.7 Å². The number of rotatable bonds is 7. The van der Waals surface area contributed by atoms with Gasteiger partial charge < -0.3 is 20.3 Å². The van der Waals surface area contributed by atoms with Gasteiger partial charge in [-0.1, -0.05) is 23.7 Å². The van der Waals surface area contributed by atoms with Gasteiger partial charge in [-0.25, -0.2) is 0 Å². The van der Waals surface area contributed by atoms with E-state index in [1.165, 1.54) is 5.56 Å². The zero-order chi connectivity index (χ0) is 21.8. The van der Waals surface area contributed by atoms with Gasteiger partial charge in [0.25, 0.3) is 0 Å². The summed E-state index contributed by atoms with van der Waals surface area (Å²) in [5.74, 6) is 0.888. The van der Waals surface area contributed by atoms with Gasteiger partial charge in [-0.2, -0.15) is 0 Å². The molecule has 2 heterocycles. The molecular weight excluding hydrogens is 416 g/mol. The maximum Gasteiger partial charge on any atom is 0.312 e. The van der Waals surface area contributed by atoms with Crippen molar-refractivity contribution in [2.24, 2.45) is 5.92 Å². The van der Waals surface area contributed by atoms with Crippen molar-refractivity contribution >= 4 is 23.0 Å². The summed E-state index contributed by atoms with van der Waals surface area (Å²) < 4.78 is 5.78. The lowest BCUT2D eigenvalue weighted by atomic mass is 9.90. The summed E-state index contributed by atoms with van der Waals surface area (Å²) in [5.41, 5.74) is 1.69. The number of nitro benzene ring substituents is 1. The first-order chi connectivity index (χ1) is 14.9. The molecule has 0 aromatic heterocycles. The van der Waals surface area contributed by atoms with Crippen LogP contribution in [0, 0.1) is 16.0 Å². The van der Waals surface area contributed by atoms with E-state index in [1.54, 1.807) is 24.5 Å². The number of halogens is 1. The Bertz CT molecular complexity index is 948. The minimum Gasteiger partial charge on any atom is -0.482 e. The Morgan fingerprint density at radius 3 is 2.48 bits per heavy atom. The highest BCUT2D eigenvalue weighted by Crippen LogP contribution is 2.34. The molecule has 2 aliphatic rings. The second-order valence-corrected chi connectivity index (χ2v) is 8.85. The van der Waals surface area contributed by atoms with Gasteiger partial charge in [-0.3, -0.25) is 10.1 Å². The number of hydrogen-bond donors (Lipinski definition) is 2. The predicted molar refractivity (Wildman–Crippen MR) is 123 cm³/mol. The molecule has 2 aromatic carbocycles. The molecule has 0 bridgehead atoms. The third kappa shape index (κ3) is 5.22. The molecular formula is C23H27ClN4O3. The van der Waals surface area contributed by atoms with Crippen LogP contribution in [0.4, 0.5) is 11.4 Å². The highest BCUT2D eigenvalue weighted by atomic mass is 35.5. The Kier molecular flexibility index (Phi) is 6.23. The van der Waals surface area contributed by atoms with Crippen LogP contribution < -0.4 is 20.3 Å². The summed E-state index contributed by atoms with van der Waals surface area (Å²) in [6.07, 6.45) is 6.72. The number of benzene rings is 2. The topological polar surface area (TPSA) is 79.7 Å². The normalized spacial score (nSPS) is 17.8. The van der Waals surface area contributed by atoms with Crippen molar-refractivity contribution in [2.45, 2.75) is 31.8 Å². The lowest BCUT2D eigenvalue weighted by molar-refractivity contribution is -0.385. The Morgan fingerprint density at radius 2 is 1.84 bits per heavy atom. The molecule has 0 amide bonds. The van der Waals surface area contributed by atoms with Crippen LogP contribution in [0.1, 0.15) is 25.3 Å². The molecule has 0 unspecified atom stereocenters. The number of piperidine rings is 1. The third-order valence-corrected chi connectivity index (χ3v) is 6.21. The van der Waals surface area contributed by atoms with Gasteiger partial charge in [0, 0.05) is 42.3 Å². The van der Waals surface area contributed by atoms with Crippen LogP contribution in [0.15, 0.2) is 54.9 Å². The second kappa shape index (κ2) is 9.06. The lowest BCUT2D eigenvalue weighted by Crippen LogP contribution is -2.50. The van der Waals surface area contributed by atoms with E-state index in [0.717, 1.165) is 43.1 Å². The van der Waals surface area contributed by atoms with Gasteiger partial charge in [0.15, 0.2) is 5.75 Å². The predicted octanol–water partition coefficient (Wildman–Crippen LogP) is 4.47. The molecule has 0 spiro atoms. The van der Waals surface area contributed by atoms with Crippen molar-refractivity contribution in [3.8, 4) is 5.75 Å². The molecule has 7 nitrogen and oxygen atoms in total. The molecule has 2 N–H and O–H groups in total. The van der Waals surface area contributed by atoms with E-state index in [4.69, 9.17) is 16.3 Å². The van der Waals surface area contributed by atoms with Crippen molar-refractivity contribution in [1.29, 1.82) is 0 Å². The van der Waals surface area contributed by atoms with Crippen LogP contribution in [0.25, 0.3) is 0 Å². The van der Waals surface area contributed by atoms with Crippen LogP contribution in [-0.2, 0) is 6.42 Å². The van der Waals surface area contributed by atoms with E-state index >= 15 is 0 Å². The first-order valence-electron chi connectivity index (χ1n) is 10.5. The van der Waals surface area contributed by atoms with Crippen molar-refractivity contribution in [2.75, 3.05) is 24.6 Å². The van der Waals surface area contributed by atoms with Crippen LogP contribution in [0.5, 0.6) is 5.75 Å². The number of nitro groups is 1. The monoisotopic (exact) mass is 442 g/mol. The lowest BCUT2D eigenvalue weighted by Gasteiger charge is -2.33. The highest BCUT2D eigenvalue weighted by Gasteiger charge is 2.28. The average molecular weight is 443 g/mol. The SMILES string of the molecule is CC1(COc2ccc(N3CCC(Cc4ccc(Cl)cc4)CC3)cc2[N+](=O)[O-])NC=CN1. The van der Waals surface area contributed by atoms with Gasteiger partial charge in [-0.15, -0.1) is 0 Å². The average Bonchev–Trinajstić information content (AvgIpc) is 3.21. The van der Waals surface area contributed by atoms with Crippen molar-refractivity contribution in [3.05, 3.63) is 75.6 Å². The van der Waals surface area contributed by atoms with Gasteiger partial charge in [0.2, 0.25) is 0 Å². The molecule has 2 aromatic rings. The summed E-state index contributed by atoms with van der Waals surface area (Å²) in [6, 6.07) is 13.3. The Morgan fingerprint density at radius 1 is 1.16 bits per heavy atom. The Labute approximate surface area is 187 Å². The number of nitrogens with zero attached hydrogens (tertiary/aromatic N) is 2. The maximum atomic E-state index is 11.7. The molecule has 1 fully saturated rings. The Balaban J connectivity index is 1.37. The summed E-state index contributed by atoms with van der Waals surface area (Å²) in [6.45, 7) is 3.96. The standard InChI is InChI=1S/C23H27ClN4O3/c1-23(25-10-11-26-23)16-31-22-7-6-20(15-21(22)28(29)30)27-12-8-18(9-13-27)14-17-2-4-19(24)5-3-17/h2-7,10-11,15,18,25-26H,8-9,12-14,16H2,1H3. The van der Waals surface area contributed by atoms with Crippen molar-refractivity contribution < 1.29 is 9.66 Å². The number of nitrogens with one attached hydrogen (secondary N) is 2. The summed E-state index contributed by atoms with van der Waals surface area (Å²) in [4.78, 5) is 13.5. The molecule has 0 radical (unpaired) electrons. The van der Waals surface area contributed by atoms with Crippen LogP contribution in [0.3, 0.4) is 0 Å². The first-order valence-corrected chi connectivity index (χ1v) is 10.9. The summed E-state index contributed by atoms with van der Waals surface area (Å²) in [7, 11) is 0. The van der Waals surface area contributed by atoms with E-state index in [9.17, 15) is 10.1 Å². The van der Waals surface area contributed by atoms with Crippen molar-refractivity contribution in [3.63, 3.8) is 0 Å². The van der Waals surface area contributed by atoms with Crippen LogP contribution in [-0.4, -0.2) is 30.3 Å². The molecule has 31 heavy (non-hydrogen) atoms. The molecule has 164 valence electrons. The third-order valence-electron chi connectivity index (χ3n) is 5.96. The molecule has 0 aliphatic carbocycles. The zero-order valence-electron chi connectivity index (χ0n) is 17.5. The minimum absolute atomic E-state index is 0.00431. The second-order valence-electron chi connectivity index (χ2n) is 8.41. The van der Waals surface area contributed by atoms with Crippen LogP contribution in [0.2, 0.25) is 5.02 Å². The van der Waals surface area contributed by atoms with Gasteiger partial charge >= 0.3 is 5.69 Å². The maximum absolute atomic E-state index is 11.7. The van der Waals surface area contributed by atoms with Gasteiger partial charge in [0.1, 0.15) is 12.3 Å². The smallest absolute Gasteiger partial charge is 0.312 e. The van der Waals surface area contributed by atoms with Crippen LogP contribution >= 0.6 is 11.6 Å². The fourth-order valence-corrected chi connectivity index (χ4v) is 4.24. The van der Waals surface area contributed by atoms with Crippen molar-refractivity contribution in [1.82, 2.24) is 10.6 Å². The highest BCUT2D eigenvalue weighted by molar-refractivity contribution is 6.30. The fraction of sp³-hybridized carbons (Fsp3) is 0.391. The quantitative estimate of drug-likeness (QED) is 0.486. The van der Waals surface area contributed by atoms with Gasteiger partial charge in [0.05, 0.1) is 4.92 Å². The fourth-order valence-electron chi connectivity index (χ4n) is 4.11. The van der Waals surface area contributed by atoms with E-state index < -0.39 is 5.66 Å². The molecule has 0 saturated carbocycles. The molecule has 2 aliphatic heterocycles. The summed E-state index contributed by atoms with van der Waals surface area (Å²) >= 11 is 5.97. The zero-order valence-corrected chi connectivity index (χ0v) is 18.3. The number of hydrogen-bond acceptors (Lipinski definition) is 6. The van der Waals surface area contributed by atoms with E-state index in [-0.39, 0.29) is 23.0 Å². The number of ether oxygens (including phenoxy) is 1. The van der Waals surface area contributed by atoms with E-state index in [0.29, 0.717) is 5.92 Å². The summed E-state index contributed by atoms with van der Waals surface area (Å²) in [5, 5.41) is 18.7. The molecule has 1 saturated heterocycles. The Hall–Kier alpha value is -2.93. The first kappa shape index (κ1) is 21.3. The molecule has 0 atom stereocenters.